The molecule has 110 valence electrons. The van der Waals surface area contributed by atoms with Crippen molar-refractivity contribution in [2.75, 3.05) is 30.8 Å². The number of nitrogens with one attached hydrogen (secondary N) is 2. The van der Waals surface area contributed by atoms with E-state index < -0.39 is 5.82 Å². The van der Waals surface area contributed by atoms with Gasteiger partial charge in [0.15, 0.2) is 0 Å². The smallest absolute Gasteiger partial charge is 0.319 e. The number of carbonyl (C=O) groups is 1. The molecule has 20 heavy (non-hydrogen) atoms. The van der Waals surface area contributed by atoms with Crippen molar-refractivity contribution in [2.45, 2.75) is 18.1 Å². The summed E-state index contributed by atoms with van der Waals surface area (Å²) in [6, 6.07) is 5.74. The van der Waals surface area contributed by atoms with Crippen LogP contribution in [0.15, 0.2) is 24.3 Å². The Balaban J connectivity index is 1.61. The lowest BCUT2D eigenvalue weighted by Crippen LogP contribution is -2.31. The molecule has 0 bridgehead atoms. The van der Waals surface area contributed by atoms with E-state index in [4.69, 9.17) is 4.74 Å². The Morgan fingerprint density at radius 3 is 2.85 bits per heavy atom. The first-order valence-electron chi connectivity index (χ1n) is 6.74. The number of hydrogen-bond donors (Lipinski definition) is 2. The topological polar surface area (TPSA) is 50.4 Å². The number of carbonyl (C=O) groups excluding carboxylic acids is 1. The molecule has 2 N–H and O–H groups in total. The minimum atomic E-state index is -0.431. The first-order chi connectivity index (χ1) is 9.75. The molecule has 4 nitrogen and oxygen atoms in total. The molecule has 1 aromatic carbocycles. The Morgan fingerprint density at radius 2 is 2.10 bits per heavy atom. The molecule has 0 aliphatic carbocycles. The molecule has 6 heteroatoms. The zero-order valence-corrected chi connectivity index (χ0v) is 12.0. The van der Waals surface area contributed by atoms with E-state index in [1.165, 1.54) is 12.1 Å². The van der Waals surface area contributed by atoms with Crippen molar-refractivity contribution >= 4 is 23.5 Å². The molecule has 1 aliphatic rings. The molecule has 0 saturated carbocycles. The summed E-state index contributed by atoms with van der Waals surface area (Å²) < 4.78 is 18.6. The van der Waals surface area contributed by atoms with Crippen LogP contribution < -0.4 is 10.6 Å². The van der Waals surface area contributed by atoms with Crippen LogP contribution in [0.2, 0.25) is 0 Å². The van der Waals surface area contributed by atoms with Gasteiger partial charge < -0.3 is 15.4 Å². The number of ether oxygens (including phenoxy) is 1. The predicted octanol–water partition coefficient (Wildman–Crippen LogP) is 2.86. The van der Waals surface area contributed by atoms with E-state index in [0.29, 0.717) is 11.8 Å². The number of anilines is 1. The lowest BCUT2D eigenvalue weighted by atomic mass is 10.2. The van der Waals surface area contributed by atoms with Crippen molar-refractivity contribution in [3.05, 3.63) is 30.1 Å². The van der Waals surface area contributed by atoms with E-state index in [1.807, 2.05) is 11.8 Å². The normalized spacial score (nSPS) is 15.8. The van der Waals surface area contributed by atoms with E-state index in [0.717, 1.165) is 31.8 Å². The van der Waals surface area contributed by atoms with E-state index in [9.17, 15) is 9.18 Å². The molecule has 0 unspecified atom stereocenters. The largest absolute Gasteiger partial charge is 0.381 e. The first-order valence-corrected chi connectivity index (χ1v) is 7.79. The fourth-order valence-electron chi connectivity index (χ4n) is 1.96. The number of amides is 2. The highest BCUT2D eigenvalue weighted by Crippen LogP contribution is 2.21. The summed E-state index contributed by atoms with van der Waals surface area (Å²) in [5, 5.41) is 5.85. The van der Waals surface area contributed by atoms with Gasteiger partial charge in [0, 0.05) is 30.8 Å². The number of benzene rings is 1. The van der Waals surface area contributed by atoms with Gasteiger partial charge in [-0.1, -0.05) is 12.1 Å². The fourth-order valence-corrected chi connectivity index (χ4v) is 3.04. The zero-order chi connectivity index (χ0) is 14.2. The van der Waals surface area contributed by atoms with Crippen molar-refractivity contribution in [2.24, 2.45) is 0 Å². The van der Waals surface area contributed by atoms with Crippen molar-refractivity contribution in [3.63, 3.8) is 0 Å². The van der Waals surface area contributed by atoms with Crippen molar-refractivity contribution in [3.8, 4) is 0 Å². The highest BCUT2D eigenvalue weighted by molar-refractivity contribution is 7.99. The van der Waals surface area contributed by atoms with Crippen LogP contribution in [0, 0.1) is 5.82 Å². The van der Waals surface area contributed by atoms with Gasteiger partial charge in [0.05, 0.1) is 5.69 Å². The number of halogens is 1. The average Bonchev–Trinajstić information content (AvgIpc) is 2.47. The highest BCUT2D eigenvalue weighted by Gasteiger charge is 2.13. The van der Waals surface area contributed by atoms with Gasteiger partial charge in [0.1, 0.15) is 5.82 Å². The minimum Gasteiger partial charge on any atom is -0.381 e. The van der Waals surface area contributed by atoms with Crippen LogP contribution in [0.4, 0.5) is 14.9 Å². The third kappa shape index (κ3) is 5.02. The van der Waals surface area contributed by atoms with Crippen LogP contribution in [0.5, 0.6) is 0 Å². The third-order valence-electron chi connectivity index (χ3n) is 3.03. The molecule has 0 radical (unpaired) electrons. The van der Waals surface area contributed by atoms with Gasteiger partial charge in [0.25, 0.3) is 0 Å². The lowest BCUT2D eigenvalue weighted by molar-refractivity contribution is 0.100. The van der Waals surface area contributed by atoms with Crippen LogP contribution in [0.1, 0.15) is 12.8 Å². The summed E-state index contributed by atoms with van der Waals surface area (Å²) in [6.45, 7) is 2.24. The molecule has 1 aliphatic heterocycles. The lowest BCUT2D eigenvalue weighted by Gasteiger charge is -2.21. The maximum absolute atomic E-state index is 13.3. The summed E-state index contributed by atoms with van der Waals surface area (Å²) in [4.78, 5) is 11.6. The Hall–Kier alpha value is -1.27. The van der Waals surface area contributed by atoms with Gasteiger partial charge in [-0.2, -0.15) is 11.8 Å². The Morgan fingerprint density at radius 1 is 1.35 bits per heavy atom. The number of rotatable bonds is 5. The van der Waals surface area contributed by atoms with Gasteiger partial charge >= 0.3 is 6.03 Å². The van der Waals surface area contributed by atoms with Crippen molar-refractivity contribution < 1.29 is 13.9 Å². The number of para-hydroxylation sites is 1. The van der Waals surface area contributed by atoms with Gasteiger partial charge in [-0.25, -0.2) is 9.18 Å². The summed E-state index contributed by atoms with van der Waals surface area (Å²) in [5.74, 6) is 0.425. The van der Waals surface area contributed by atoms with Crippen LogP contribution >= 0.6 is 11.8 Å². The Labute approximate surface area is 122 Å². The molecule has 0 atom stereocenters. The molecule has 1 saturated heterocycles. The second kappa shape index (κ2) is 8.11. The van der Waals surface area contributed by atoms with E-state index in [1.54, 1.807) is 12.1 Å². The van der Waals surface area contributed by atoms with Crippen molar-refractivity contribution in [1.82, 2.24) is 5.32 Å². The quantitative estimate of drug-likeness (QED) is 0.822. The molecular formula is C14H19FN2O2S. The highest BCUT2D eigenvalue weighted by atomic mass is 32.2. The second-order valence-electron chi connectivity index (χ2n) is 4.54. The third-order valence-corrected chi connectivity index (χ3v) is 4.41. The van der Waals surface area contributed by atoms with Gasteiger partial charge in [-0.15, -0.1) is 0 Å². The Kier molecular flexibility index (Phi) is 6.14. The van der Waals surface area contributed by atoms with E-state index in [-0.39, 0.29) is 11.7 Å². The maximum Gasteiger partial charge on any atom is 0.319 e. The molecule has 0 spiro atoms. The molecule has 1 aromatic rings. The summed E-state index contributed by atoms with van der Waals surface area (Å²) in [7, 11) is 0. The van der Waals surface area contributed by atoms with Gasteiger partial charge in [-0.05, 0) is 25.0 Å². The monoisotopic (exact) mass is 298 g/mol. The first kappa shape index (κ1) is 15.1. The second-order valence-corrected chi connectivity index (χ2v) is 5.95. The summed E-state index contributed by atoms with van der Waals surface area (Å²) in [6.07, 6.45) is 2.15. The SMILES string of the molecule is O=C(NCCSC1CCOCC1)Nc1ccccc1F. The average molecular weight is 298 g/mol. The minimum absolute atomic E-state index is 0.196. The zero-order valence-electron chi connectivity index (χ0n) is 11.2. The molecule has 0 aromatic heterocycles. The molecule has 2 amide bonds. The fraction of sp³-hybridized carbons (Fsp3) is 0.500. The van der Waals surface area contributed by atoms with Crippen LogP contribution in [0.25, 0.3) is 0 Å². The molecule has 2 rings (SSSR count). The number of hydrogen-bond acceptors (Lipinski definition) is 3. The molecular weight excluding hydrogens is 279 g/mol. The number of urea groups is 1. The van der Waals surface area contributed by atoms with E-state index >= 15 is 0 Å². The van der Waals surface area contributed by atoms with E-state index in [2.05, 4.69) is 10.6 Å². The summed E-state index contributed by atoms with van der Waals surface area (Å²) >= 11 is 1.85. The summed E-state index contributed by atoms with van der Waals surface area (Å²) in [5.41, 5.74) is 0.196. The molecule has 1 heterocycles. The van der Waals surface area contributed by atoms with Crippen molar-refractivity contribution in [1.29, 1.82) is 0 Å². The predicted molar refractivity (Wildman–Crippen MR) is 79.7 cm³/mol. The van der Waals surface area contributed by atoms with Gasteiger partial charge in [-0.3, -0.25) is 0 Å². The van der Waals surface area contributed by atoms with Gasteiger partial charge in [0.2, 0.25) is 0 Å². The molecule has 1 fully saturated rings. The van der Waals surface area contributed by atoms with Crippen LogP contribution in [-0.4, -0.2) is 36.8 Å². The Bertz CT molecular complexity index is 439. The van der Waals surface area contributed by atoms with Crippen LogP contribution in [0.3, 0.4) is 0 Å². The van der Waals surface area contributed by atoms with Crippen LogP contribution in [-0.2, 0) is 4.74 Å². The number of thioether (sulfide) groups is 1. The standard InChI is InChI=1S/C14H19FN2O2S/c15-12-3-1-2-4-13(12)17-14(18)16-7-10-20-11-5-8-19-9-6-11/h1-4,11H,5-10H2,(H2,16,17,18). The maximum atomic E-state index is 13.3.